The molecule has 5 heterocycles. The first-order chi connectivity index (χ1) is 19.3. The number of aromatic nitrogens is 2. The van der Waals surface area contributed by atoms with Crippen molar-refractivity contribution in [2.24, 2.45) is 0 Å². The van der Waals surface area contributed by atoms with Gasteiger partial charge >= 0.3 is 6.18 Å². The number of pyridine rings is 1. The minimum absolute atomic E-state index is 0.00872. The zero-order valence-corrected chi connectivity index (χ0v) is 21.9. The minimum atomic E-state index is -4.53. The Hall–Kier alpha value is -3.77. The fourth-order valence-electron chi connectivity index (χ4n) is 5.81. The van der Waals surface area contributed by atoms with Gasteiger partial charge in [0.15, 0.2) is 0 Å². The number of morpholine rings is 1. The number of ether oxygens (including phenoxy) is 2. The SMILES string of the molecule is C=CCNc1cc(Nc2ccc(C(=O)N3CC[C@@H](N4CCOCC4)C3)c3c2OCC3)nc2[nH]cc(C(F)(F)F)c12. The fourth-order valence-corrected chi connectivity index (χ4v) is 5.81. The van der Waals surface area contributed by atoms with E-state index in [-0.39, 0.29) is 29.2 Å². The maximum Gasteiger partial charge on any atom is 0.418 e. The molecule has 3 aliphatic heterocycles. The Morgan fingerprint density at radius 1 is 1.20 bits per heavy atom. The lowest BCUT2D eigenvalue weighted by Gasteiger charge is -2.32. The van der Waals surface area contributed by atoms with Crippen molar-refractivity contribution in [3.8, 4) is 5.75 Å². The summed E-state index contributed by atoms with van der Waals surface area (Å²) >= 11 is 0. The molecule has 3 aromatic rings. The van der Waals surface area contributed by atoms with E-state index in [9.17, 15) is 18.0 Å². The van der Waals surface area contributed by atoms with E-state index in [2.05, 4.69) is 32.1 Å². The fraction of sp³-hybridized carbons (Fsp3) is 0.429. The van der Waals surface area contributed by atoms with Crippen molar-refractivity contribution < 1.29 is 27.4 Å². The van der Waals surface area contributed by atoms with Gasteiger partial charge in [0.2, 0.25) is 0 Å². The highest BCUT2D eigenvalue weighted by Crippen LogP contribution is 2.41. The molecule has 212 valence electrons. The number of rotatable bonds is 7. The van der Waals surface area contributed by atoms with Crippen LogP contribution in [0.5, 0.6) is 5.75 Å². The summed E-state index contributed by atoms with van der Waals surface area (Å²) in [7, 11) is 0. The second kappa shape index (κ2) is 10.7. The van der Waals surface area contributed by atoms with Crippen molar-refractivity contribution >= 4 is 34.1 Å². The second-order valence-corrected chi connectivity index (χ2v) is 10.2. The number of carbonyl (C=O) groups is 1. The number of fused-ring (bicyclic) bond motifs is 2. The van der Waals surface area contributed by atoms with E-state index in [0.29, 0.717) is 55.0 Å². The lowest BCUT2D eigenvalue weighted by molar-refractivity contribution is -0.136. The molecule has 6 rings (SSSR count). The predicted molar refractivity (Wildman–Crippen MR) is 145 cm³/mol. The number of H-pyrrole nitrogens is 1. The summed E-state index contributed by atoms with van der Waals surface area (Å²) in [5, 5.41) is 6.15. The molecule has 1 amide bonds. The first-order valence-corrected chi connectivity index (χ1v) is 13.4. The zero-order chi connectivity index (χ0) is 27.9. The third kappa shape index (κ3) is 4.97. The first-order valence-electron chi connectivity index (χ1n) is 13.4. The summed E-state index contributed by atoms with van der Waals surface area (Å²) in [5.74, 6) is 0.893. The number of hydrogen-bond donors (Lipinski definition) is 3. The van der Waals surface area contributed by atoms with Crippen molar-refractivity contribution in [3.05, 3.63) is 53.7 Å². The summed E-state index contributed by atoms with van der Waals surface area (Å²) in [5.41, 5.74) is 1.62. The maximum absolute atomic E-state index is 13.6. The van der Waals surface area contributed by atoms with Gasteiger partial charge in [0.05, 0.1) is 36.5 Å². The molecule has 0 aliphatic carbocycles. The van der Waals surface area contributed by atoms with E-state index in [1.54, 1.807) is 18.2 Å². The van der Waals surface area contributed by atoms with Gasteiger partial charge in [0.1, 0.15) is 17.2 Å². The van der Waals surface area contributed by atoms with Crippen molar-refractivity contribution in [1.29, 1.82) is 0 Å². The maximum atomic E-state index is 13.6. The summed E-state index contributed by atoms with van der Waals surface area (Å²) < 4.78 is 52.2. The predicted octanol–water partition coefficient (Wildman–Crippen LogP) is 4.40. The van der Waals surface area contributed by atoms with Crippen LogP contribution in [0.4, 0.5) is 30.4 Å². The van der Waals surface area contributed by atoms with Crippen LogP contribution in [-0.4, -0.2) is 84.3 Å². The molecule has 9 nitrogen and oxygen atoms in total. The van der Waals surface area contributed by atoms with Gasteiger partial charge in [0.25, 0.3) is 5.91 Å². The number of hydrogen-bond acceptors (Lipinski definition) is 7. The number of nitrogens with one attached hydrogen (secondary N) is 3. The van der Waals surface area contributed by atoms with E-state index in [0.717, 1.165) is 44.5 Å². The minimum Gasteiger partial charge on any atom is -0.491 e. The van der Waals surface area contributed by atoms with Gasteiger partial charge in [-0.05, 0) is 18.6 Å². The van der Waals surface area contributed by atoms with E-state index in [4.69, 9.17) is 9.47 Å². The van der Waals surface area contributed by atoms with Crippen LogP contribution < -0.4 is 15.4 Å². The van der Waals surface area contributed by atoms with Gasteiger partial charge in [-0.25, -0.2) is 4.98 Å². The molecule has 1 aromatic carbocycles. The highest BCUT2D eigenvalue weighted by molar-refractivity contribution is 5.98. The smallest absolute Gasteiger partial charge is 0.418 e. The molecule has 0 unspecified atom stereocenters. The van der Waals surface area contributed by atoms with Gasteiger partial charge in [-0.2, -0.15) is 13.2 Å². The third-order valence-corrected chi connectivity index (χ3v) is 7.75. The largest absolute Gasteiger partial charge is 0.491 e. The van der Waals surface area contributed by atoms with Gasteiger partial charge in [-0.15, -0.1) is 6.58 Å². The Morgan fingerprint density at radius 2 is 2.02 bits per heavy atom. The Kier molecular flexibility index (Phi) is 7.05. The van der Waals surface area contributed by atoms with Crippen LogP contribution in [0.15, 0.2) is 37.1 Å². The topological polar surface area (TPSA) is 94.8 Å². The van der Waals surface area contributed by atoms with Crippen molar-refractivity contribution in [3.63, 3.8) is 0 Å². The number of alkyl halides is 3. The number of carbonyl (C=O) groups excluding carboxylic acids is 1. The molecule has 2 saturated heterocycles. The lowest BCUT2D eigenvalue weighted by Crippen LogP contribution is -2.45. The normalized spacial score (nSPS) is 19.5. The Bertz CT molecular complexity index is 1430. The van der Waals surface area contributed by atoms with Crippen LogP contribution in [0.25, 0.3) is 11.0 Å². The molecule has 0 radical (unpaired) electrons. The number of likely N-dealkylation sites (tertiary alicyclic amines) is 1. The Labute approximate surface area is 229 Å². The van der Waals surface area contributed by atoms with Gasteiger partial charge in [-0.3, -0.25) is 9.69 Å². The number of amides is 1. The van der Waals surface area contributed by atoms with Crippen LogP contribution in [0.2, 0.25) is 0 Å². The van der Waals surface area contributed by atoms with E-state index in [1.807, 2.05) is 4.90 Å². The highest BCUT2D eigenvalue weighted by Gasteiger charge is 2.36. The van der Waals surface area contributed by atoms with E-state index < -0.39 is 11.7 Å². The number of halogens is 3. The molecule has 0 bridgehead atoms. The number of anilines is 3. The molecule has 0 spiro atoms. The summed E-state index contributed by atoms with van der Waals surface area (Å²) in [6.45, 7) is 8.99. The summed E-state index contributed by atoms with van der Waals surface area (Å²) in [6, 6.07) is 5.44. The van der Waals surface area contributed by atoms with Crippen molar-refractivity contribution in [2.45, 2.75) is 25.1 Å². The van der Waals surface area contributed by atoms with Gasteiger partial charge in [-0.1, -0.05) is 6.08 Å². The van der Waals surface area contributed by atoms with Crippen LogP contribution >= 0.6 is 0 Å². The molecule has 3 N–H and O–H groups in total. The Morgan fingerprint density at radius 3 is 2.80 bits per heavy atom. The van der Waals surface area contributed by atoms with Crippen LogP contribution in [-0.2, 0) is 17.3 Å². The third-order valence-electron chi connectivity index (χ3n) is 7.75. The van der Waals surface area contributed by atoms with Crippen molar-refractivity contribution in [1.82, 2.24) is 19.8 Å². The van der Waals surface area contributed by atoms with Crippen LogP contribution in [0.3, 0.4) is 0 Å². The molecular weight excluding hydrogens is 525 g/mol. The molecule has 2 aromatic heterocycles. The molecular formula is C28H31F3N6O3. The zero-order valence-electron chi connectivity index (χ0n) is 21.9. The highest BCUT2D eigenvalue weighted by atomic mass is 19.4. The molecule has 3 aliphatic rings. The quantitative estimate of drug-likeness (QED) is 0.372. The van der Waals surface area contributed by atoms with E-state index in [1.165, 1.54) is 6.07 Å². The number of aromatic amines is 1. The van der Waals surface area contributed by atoms with Gasteiger partial charge in [0, 0.05) is 74.3 Å². The van der Waals surface area contributed by atoms with E-state index >= 15 is 0 Å². The summed E-state index contributed by atoms with van der Waals surface area (Å²) in [4.78, 5) is 24.9. The first kappa shape index (κ1) is 26.5. The van der Waals surface area contributed by atoms with Gasteiger partial charge < -0.3 is 30.0 Å². The monoisotopic (exact) mass is 556 g/mol. The second-order valence-electron chi connectivity index (χ2n) is 10.2. The Balaban J connectivity index is 1.26. The average Bonchev–Trinajstić information content (AvgIpc) is 3.71. The number of benzene rings is 1. The number of nitrogens with zero attached hydrogens (tertiary/aromatic N) is 3. The summed E-state index contributed by atoms with van der Waals surface area (Å²) in [6.07, 6.45) is -0.511. The molecule has 0 saturated carbocycles. The van der Waals surface area contributed by atoms with Crippen LogP contribution in [0, 0.1) is 0 Å². The molecule has 40 heavy (non-hydrogen) atoms. The average molecular weight is 557 g/mol. The van der Waals surface area contributed by atoms with Crippen molar-refractivity contribution in [2.75, 3.05) is 63.2 Å². The standard InChI is InChI=1S/C28H31F3N6O3/c1-2-7-32-22-14-23(35-26-24(22)20(15-33-26)28(29,30)31)34-21-4-3-19(18-6-11-40-25(18)21)27(38)37-8-5-17(16-37)36-9-12-39-13-10-36/h2-4,14-15,17H,1,5-13,16H2,(H3,32,33,34,35)/t17-/m1/s1. The molecule has 1 atom stereocenters. The molecule has 12 heteroatoms. The van der Waals surface area contributed by atoms with Crippen LogP contribution in [0.1, 0.15) is 27.9 Å². The lowest BCUT2D eigenvalue weighted by atomic mass is 10.0. The molecule has 2 fully saturated rings.